The van der Waals surface area contributed by atoms with Gasteiger partial charge in [-0.05, 0) is 46.1 Å². The minimum absolute atomic E-state index is 0.224. The molecule has 1 spiro atoms. The molecule has 0 saturated carbocycles. The SMILES string of the molecule is CNC(=O)C(NCC1CCC2(CN(OCc3ccccc3)C2=O)N1C(=O)OC(C)(C)C)C(C)O. The Labute approximate surface area is 200 Å². The number of carbonyl (C=O) groups is 3. The average Bonchev–Trinajstić information content (AvgIpc) is 3.17. The molecule has 2 aliphatic rings. The van der Waals surface area contributed by atoms with Crippen LogP contribution in [0.1, 0.15) is 46.1 Å². The number of β-lactam (4-membered cyclic amide) rings is 1. The number of amides is 3. The third-order valence-electron chi connectivity index (χ3n) is 6.15. The summed E-state index contributed by atoms with van der Waals surface area (Å²) in [5.74, 6) is -0.637. The van der Waals surface area contributed by atoms with Crippen LogP contribution >= 0.6 is 0 Å². The van der Waals surface area contributed by atoms with E-state index in [1.807, 2.05) is 30.3 Å². The summed E-state index contributed by atoms with van der Waals surface area (Å²) >= 11 is 0. The van der Waals surface area contributed by atoms with Crippen molar-refractivity contribution in [3.05, 3.63) is 35.9 Å². The molecule has 2 heterocycles. The van der Waals surface area contributed by atoms with E-state index in [0.29, 0.717) is 12.8 Å². The van der Waals surface area contributed by atoms with E-state index in [1.165, 1.54) is 23.9 Å². The Hall–Kier alpha value is -2.69. The minimum Gasteiger partial charge on any atom is -0.444 e. The van der Waals surface area contributed by atoms with Gasteiger partial charge in [0.15, 0.2) is 0 Å². The zero-order valence-corrected chi connectivity index (χ0v) is 20.5. The molecule has 0 radical (unpaired) electrons. The van der Waals surface area contributed by atoms with Gasteiger partial charge in [-0.25, -0.2) is 9.86 Å². The van der Waals surface area contributed by atoms with Crippen molar-refractivity contribution in [3.8, 4) is 0 Å². The first-order valence-electron chi connectivity index (χ1n) is 11.6. The Morgan fingerprint density at radius 2 is 1.94 bits per heavy atom. The fourth-order valence-corrected chi connectivity index (χ4v) is 4.45. The van der Waals surface area contributed by atoms with Crippen molar-refractivity contribution in [2.24, 2.45) is 0 Å². The van der Waals surface area contributed by atoms with Crippen molar-refractivity contribution >= 4 is 17.9 Å². The summed E-state index contributed by atoms with van der Waals surface area (Å²) < 4.78 is 5.64. The highest BCUT2D eigenvalue weighted by atomic mass is 16.7. The molecule has 10 heteroatoms. The maximum Gasteiger partial charge on any atom is 0.411 e. The molecule has 0 aliphatic carbocycles. The summed E-state index contributed by atoms with van der Waals surface area (Å²) in [7, 11) is 1.49. The first-order chi connectivity index (χ1) is 16.0. The van der Waals surface area contributed by atoms with Crippen LogP contribution in [0.4, 0.5) is 4.79 Å². The van der Waals surface area contributed by atoms with Crippen molar-refractivity contribution in [1.82, 2.24) is 20.6 Å². The number of hydrogen-bond acceptors (Lipinski definition) is 7. The lowest BCUT2D eigenvalue weighted by molar-refractivity contribution is -0.241. The zero-order chi connectivity index (χ0) is 25.1. The second kappa shape index (κ2) is 10.3. The second-order valence-electron chi connectivity index (χ2n) is 9.92. The largest absolute Gasteiger partial charge is 0.444 e. The van der Waals surface area contributed by atoms with E-state index in [9.17, 15) is 19.5 Å². The first kappa shape index (κ1) is 25.9. The van der Waals surface area contributed by atoms with E-state index in [2.05, 4.69) is 10.6 Å². The molecular weight excluding hydrogens is 440 g/mol. The van der Waals surface area contributed by atoms with E-state index in [4.69, 9.17) is 9.57 Å². The number of likely N-dealkylation sites (N-methyl/N-ethyl adjacent to an activating group) is 1. The van der Waals surface area contributed by atoms with Gasteiger partial charge in [-0.2, -0.15) is 0 Å². The Bertz CT molecular complexity index is 887. The van der Waals surface area contributed by atoms with Gasteiger partial charge < -0.3 is 20.5 Å². The maximum atomic E-state index is 13.3. The number of ether oxygens (including phenoxy) is 1. The van der Waals surface area contributed by atoms with Crippen LogP contribution in [0.5, 0.6) is 0 Å². The van der Waals surface area contributed by atoms with Crippen molar-refractivity contribution in [1.29, 1.82) is 0 Å². The molecule has 2 fully saturated rings. The highest BCUT2D eigenvalue weighted by Gasteiger charge is 2.64. The van der Waals surface area contributed by atoms with E-state index >= 15 is 0 Å². The van der Waals surface area contributed by atoms with Crippen LogP contribution in [-0.4, -0.2) is 82.4 Å². The number of nitrogens with zero attached hydrogens (tertiary/aromatic N) is 2. The fourth-order valence-electron chi connectivity index (χ4n) is 4.45. The van der Waals surface area contributed by atoms with Crippen molar-refractivity contribution in [2.45, 2.75) is 76.5 Å². The van der Waals surface area contributed by atoms with Crippen LogP contribution in [0.2, 0.25) is 0 Å². The number of hydrogen-bond donors (Lipinski definition) is 3. The topological polar surface area (TPSA) is 120 Å². The number of likely N-dealkylation sites (tertiary alicyclic amines) is 1. The van der Waals surface area contributed by atoms with Crippen LogP contribution in [0, 0.1) is 0 Å². The molecule has 0 bridgehead atoms. The summed E-state index contributed by atoms with van der Waals surface area (Å²) in [4.78, 5) is 45.8. The highest BCUT2D eigenvalue weighted by Crippen LogP contribution is 2.43. The predicted octanol–water partition coefficient (Wildman–Crippen LogP) is 1.18. The Morgan fingerprint density at radius 1 is 1.26 bits per heavy atom. The quantitative estimate of drug-likeness (QED) is 0.482. The number of carbonyl (C=O) groups excluding carboxylic acids is 3. The van der Waals surface area contributed by atoms with E-state index in [1.54, 1.807) is 20.8 Å². The van der Waals surface area contributed by atoms with Crippen LogP contribution in [0.3, 0.4) is 0 Å². The smallest absolute Gasteiger partial charge is 0.411 e. The monoisotopic (exact) mass is 476 g/mol. The molecule has 34 heavy (non-hydrogen) atoms. The number of nitrogens with one attached hydrogen (secondary N) is 2. The normalized spacial score (nSPS) is 24.1. The molecule has 3 amide bonds. The first-order valence-corrected chi connectivity index (χ1v) is 11.6. The molecule has 0 aromatic heterocycles. The summed E-state index contributed by atoms with van der Waals surface area (Å²) in [5.41, 5.74) is -0.843. The average molecular weight is 477 g/mol. The van der Waals surface area contributed by atoms with Crippen molar-refractivity contribution < 1.29 is 29.1 Å². The van der Waals surface area contributed by atoms with E-state index < -0.39 is 29.4 Å². The summed E-state index contributed by atoms with van der Waals surface area (Å²) in [6, 6.07) is 8.30. The number of aliphatic hydroxyl groups excluding tert-OH is 1. The molecule has 4 atom stereocenters. The van der Waals surface area contributed by atoms with Gasteiger partial charge >= 0.3 is 6.09 Å². The van der Waals surface area contributed by atoms with E-state index in [-0.39, 0.29) is 37.6 Å². The highest BCUT2D eigenvalue weighted by molar-refractivity contribution is 5.95. The molecule has 2 saturated heterocycles. The number of rotatable bonds is 8. The van der Waals surface area contributed by atoms with Crippen LogP contribution in [0.15, 0.2) is 30.3 Å². The van der Waals surface area contributed by atoms with Gasteiger partial charge in [-0.15, -0.1) is 0 Å². The number of benzene rings is 1. The predicted molar refractivity (Wildman–Crippen MR) is 124 cm³/mol. The Morgan fingerprint density at radius 3 is 2.50 bits per heavy atom. The molecule has 3 rings (SSSR count). The van der Waals surface area contributed by atoms with E-state index in [0.717, 1.165) is 5.56 Å². The van der Waals surface area contributed by atoms with Crippen molar-refractivity contribution in [3.63, 3.8) is 0 Å². The van der Waals surface area contributed by atoms with Gasteiger partial charge in [0.05, 0.1) is 12.6 Å². The lowest BCUT2D eigenvalue weighted by atomic mass is 9.88. The molecular formula is C24H36N4O6. The van der Waals surface area contributed by atoms with Crippen LogP contribution in [-0.2, 0) is 25.8 Å². The standard InChI is InChI=1S/C24H36N4O6/c1-16(29)19(20(30)25-5)26-13-18-11-12-24(28(18)22(32)34-23(2,3)4)15-27(21(24)31)33-14-17-9-7-6-8-10-17/h6-10,16,18-19,26,29H,11-15H2,1-5H3,(H,25,30). The Balaban J connectivity index is 1.73. The Kier molecular flexibility index (Phi) is 7.84. The van der Waals surface area contributed by atoms with Gasteiger partial charge in [0, 0.05) is 19.6 Å². The number of aliphatic hydroxyl groups is 1. The molecule has 4 unspecified atom stereocenters. The summed E-state index contributed by atoms with van der Waals surface area (Å²) in [5, 5.41) is 16.9. The van der Waals surface area contributed by atoms with Crippen LogP contribution < -0.4 is 10.6 Å². The van der Waals surface area contributed by atoms with Gasteiger partial charge in [-0.1, -0.05) is 30.3 Å². The minimum atomic E-state index is -1.04. The lowest BCUT2D eigenvalue weighted by Gasteiger charge is -2.50. The third kappa shape index (κ3) is 5.51. The molecule has 3 N–H and O–H groups in total. The third-order valence-corrected chi connectivity index (χ3v) is 6.15. The number of hydroxylamine groups is 2. The van der Waals surface area contributed by atoms with Gasteiger partial charge in [-0.3, -0.25) is 19.3 Å². The van der Waals surface area contributed by atoms with Crippen LogP contribution in [0.25, 0.3) is 0 Å². The second-order valence-corrected chi connectivity index (χ2v) is 9.92. The molecule has 188 valence electrons. The fraction of sp³-hybridized carbons (Fsp3) is 0.625. The maximum absolute atomic E-state index is 13.3. The van der Waals surface area contributed by atoms with Gasteiger partial charge in [0.2, 0.25) is 5.91 Å². The molecule has 1 aromatic carbocycles. The van der Waals surface area contributed by atoms with Crippen molar-refractivity contribution in [2.75, 3.05) is 20.1 Å². The molecule has 10 nitrogen and oxygen atoms in total. The lowest BCUT2D eigenvalue weighted by Crippen LogP contribution is -2.74. The van der Waals surface area contributed by atoms with Gasteiger partial charge in [0.25, 0.3) is 5.91 Å². The summed E-state index contributed by atoms with van der Waals surface area (Å²) in [6.45, 7) is 7.55. The summed E-state index contributed by atoms with van der Waals surface area (Å²) in [6.07, 6.45) is -0.508. The molecule has 1 aromatic rings. The zero-order valence-electron chi connectivity index (χ0n) is 20.5. The molecule has 2 aliphatic heterocycles. The van der Waals surface area contributed by atoms with Gasteiger partial charge in [0.1, 0.15) is 23.8 Å².